The first kappa shape index (κ1) is 13.5. The van der Waals surface area contributed by atoms with Crippen LogP contribution in [0.2, 0.25) is 0 Å². The summed E-state index contributed by atoms with van der Waals surface area (Å²) in [6.07, 6.45) is 5.49. The minimum absolute atomic E-state index is 0.0660. The van der Waals surface area contributed by atoms with E-state index >= 15 is 0 Å². The van der Waals surface area contributed by atoms with Gasteiger partial charge in [0.1, 0.15) is 11.5 Å². The molecular weight excluding hydrogens is 272 g/mol. The molecule has 21 heavy (non-hydrogen) atoms. The van der Waals surface area contributed by atoms with Gasteiger partial charge in [-0.1, -0.05) is 5.21 Å². The lowest BCUT2D eigenvalue weighted by atomic mass is 10.1. The first-order valence-electron chi connectivity index (χ1n) is 6.88. The Kier molecular flexibility index (Phi) is 3.51. The fraction of sp³-hybridized carbons (Fsp3) is 0.462. The fourth-order valence-corrected chi connectivity index (χ4v) is 2.68. The highest BCUT2D eigenvalue weighted by atomic mass is 16.6. The molecule has 1 saturated heterocycles. The van der Waals surface area contributed by atoms with Gasteiger partial charge in [-0.15, -0.1) is 5.10 Å². The third-order valence-electron chi connectivity index (χ3n) is 3.84. The van der Waals surface area contributed by atoms with Gasteiger partial charge in [0, 0.05) is 25.4 Å². The lowest BCUT2D eigenvalue weighted by Gasteiger charge is -2.32. The Morgan fingerprint density at radius 1 is 1.33 bits per heavy atom. The van der Waals surface area contributed by atoms with E-state index in [0.29, 0.717) is 11.7 Å². The second kappa shape index (κ2) is 5.47. The Bertz CT molecular complexity index is 634. The van der Waals surface area contributed by atoms with Crippen LogP contribution in [0.4, 0.5) is 11.5 Å². The summed E-state index contributed by atoms with van der Waals surface area (Å²) in [4.78, 5) is 16.9. The minimum Gasteiger partial charge on any atom is -0.356 e. The normalized spacial score (nSPS) is 16.1. The van der Waals surface area contributed by atoms with Gasteiger partial charge in [0.25, 0.3) is 5.69 Å². The first-order chi connectivity index (χ1) is 10.1. The molecule has 8 nitrogen and oxygen atoms in total. The van der Waals surface area contributed by atoms with Crippen molar-refractivity contribution in [3.05, 3.63) is 40.3 Å². The molecule has 1 aliphatic heterocycles. The zero-order valence-corrected chi connectivity index (χ0v) is 11.7. The standard InChI is InChI=1S/C13H16N6O2/c1-10-12(19(20)21)2-3-13(15-10)17-7-4-11(5-8-17)18-9-6-14-16-18/h2-3,6,9,11H,4-5,7-8H2,1H3. The molecular formula is C13H16N6O2. The number of piperidine rings is 1. The second-order valence-electron chi connectivity index (χ2n) is 5.13. The highest BCUT2D eigenvalue weighted by Crippen LogP contribution is 2.26. The van der Waals surface area contributed by atoms with Crippen LogP contribution in [0.25, 0.3) is 0 Å². The first-order valence-corrected chi connectivity index (χ1v) is 6.88. The molecule has 0 saturated carbocycles. The summed E-state index contributed by atoms with van der Waals surface area (Å²) in [5, 5.41) is 18.7. The van der Waals surface area contributed by atoms with E-state index in [-0.39, 0.29) is 5.69 Å². The van der Waals surface area contributed by atoms with Crippen LogP contribution in [-0.2, 0) is 0 Å². The fourth-order valence-electron chi connectivity index (χ4n) is 2.68. The molecule has 0 unspecified atom stereocenters. The van der Waals surface area contributed by atoms with Crippen molar-refractivity contribution in [3.63, 3.8) is 0 Å². The predicted molar refractivity (Wildman–Crippen MR) is 76.1 cm³/mol. The van der Waals surface area contributed by atoms with Gasteiger partial charge in [0.15, 0.2) is 0 Å². The van der Waals surface area contributed by atoms with E-state index in [1.165, 1.54) is 6.07 Å². The van der Waals surface area contributed by atoms with Gasteiger partial charge in [0.05, 0.1) is 17.2 Å². The van der Waals surface area contributed by atoms with Crippen LogP contribution < -0.4 is 4.90 Å². The van der Waals surface area contributed by atoms with Crippen LogP contribution in [0.1, 0.15) is 24.6 Å². The number of anilines is 1. The summed E-state index contributed by atoms with van der Waals surface area (Å²) in [5.41, 5.74) is 0.521. The van der Waals surface area contributed by atoms with E-state index in [1.807, 2.05) is 10.9 Å². The van der Waals surface area contributed by atoms with Crippen LogP contribution in [0.3, 0.4) is 0 Å². The molecule has 0 bridgehead atoms. The van der Waals surface area contributed by atoms with Crippen molar-refractivity contribution in [2.75, 3.05) is 18.0 Å². The van der Waals surface area contributed by atoms with Gasteiger partial charge in [0.2, 0.25) is 0 Å². The van der Waals surface area contributed by atoms with Crippen molar-refractivity contribution in [1.82, 2.24) is 20.0 Å². The maximum absolute atomic E-state index is 10.8. The molecule has 2 aromatic rings. The van der Waals surface area contributed by atoms with E-state index in [4.69, 9.17) is 0 Å². The molecule has 0 spiro atoms. The molecule has 0 amide bonds. The maximum atomic E-state index is 10.8. The topological polar surface area (TPSA) is 90.0 Å². The average molecular weight is 288 g/mol. The van der Waals surface area contributed by atoms with Crippen molar-refractivity contribution < 1.29 is 4.92 Å². The molecule has 1 aliphatic rings. The number of aryl methyl sites for hydroxylation is 1. The molecule has 1 fully saturated rings. The Balaban J connectivity index is 1.69. The highest BCUT2D eigenvalue weighted by molar-refractivity contribution is 5.47. The molecule has 0 radical (unpaired) electrons. The Labute approximate surface area is 121 Å². The van der Waals surface area contributed by atoms with E-state index in [0.717, 1.165) is 31.7 Å². The summed E-state index contributed by atoms with van der Waals surface area (Å²) in [6.45, 7) is 3.38. The van der Waals surface area contributed by atoms with Crippen LogP contribution in [0.5, 0.6) is 0 Å². The largest absolute Gasteiger partial charge is 0.356 e. The molecule has 0 atom stereocenters. The van der Waals surface area contributed by atoms with E-state index < -0.39 is 4.92 Å². The van der Waals surface area contributed by atoms with Gasteiger partial charge in [-0.05, 0) is 25.8 Å². The minimum atomic E-state index is -0.400. The van der Waals surface area contributed by atoms with Crippen LogP contribution in [0, 0.1) is 17.0 Å². The van der Waals surface area contributed by atoms with Crippen molar-refractivity contribution >= 4 is 11.5 Å². The van der Waals surface area contributed by atoms with Crippen molar-refractivity contribution in [3.8, 4) is 0 Å². The average Bonchev–Trinajstić information content (AvgIpc) is 3.01. The Morgan fingerprint density at radius 2 is 2.10 bits per heavy atom. The molecule has 0 aliphatic carbocycles. The van der Waals surface area contributed by atoms with Gasteiger partial charge in [-0.2, -0.15) is 0 Å². The van der Waals surface area contributed by atoms with E-state index in [1.54, 1.807) is 19.2 Å². The van der Waals surface area contributed by atoms with Crippen molar-refractivity contribution in [2.45, 2.75) is 25.8 Å². The van der Waals surface area contributed by atoms with Gasteiger partial charge >= 0.3 is 0 Å². The number of pyridine rings is 1. The summed E-state index contributed by atoms with van der Waals surface area (Å²) >= 11 is 0. The molecule has 3 rings (SSSR count). The van der Waals surface area contributed by atoms with Gasteiger partial charge < -0.3 is 4.90 Å². The van der Waals surface area contributed by atoms with Crippen molar-refractivity contribution in [2.24, 2.45) is 0 Å². The van der Waals surface area contributed by atoms with Gasteiger partial charge in [-0.25, -0.2) is 9.67 Å². The molecule has 2 aromatic heterocycles. The maximum Gasteiger partial charge on any atom is 0.290 e. The SMILES string of the molecule is Cc1nc(N2CCC(n3ccnn3)CC2)ccc1[N+](=O)[O-]. The Hall–Kier alpha value is -2.51. The zero-order valence-electron chi connectivity index (χ0n) is 11.7. The quantitative estimate of drug-likeness (QED) is 0.631. The van der Waals surface area contributed by atoms with Gasteiger partial charge in [-0.3, -0.25) is 10.1 Å². The summed E-state index contributed by atoms with van der Waals surface area (Å²) < 4.78 is 1.89. The number of hydrogen-bond donors (Lipinski definition) is 0. The smallest absolute Gasteiger partial charge is 0.290 e. The highest BCUT2D eigenvalue weighted by Gasteiger charge is 2.23. The number of nitro groups is 1. The number of rotatable bonds is 3. The van der Waals surface area contributed by atoms with E-state index in [2.05, 4.69) is 20.2 Å². The van der Waals surface area contributed by atoms with Crippen molar-refractivity contribution in [1.29, 1.82) is 0 Å². The summed E-state index contributed by atoms with van der Waals surface area (Å²) in [6, 6.07) is 3.62. The molecule has 0 aromatic carbocycles. The summed E-state index contributed by atoms with van der Waals surface area (Å²) in [7, 11) is 0. The zero-order chi connectivity index (χ0) is 14.8. The summed E-state index contributed by atoms with van der Waals surface area (Å²) in [5.74, 6) is 0.801. The van der Waals surface area contributed by atoms with Crippen LogP contribution >= 0.6 is 0 Å². The lowest BCUT2D eigenvalue weighted by molar-refractivity contribution is -0.385. The van der Waals surface area contributed by atoms with Crippen LogP contribution in [-0.4, -0.2) is 38.0 Å². The second-order valence-corrected chi connectivity index (χ2v) is 5.13. The molecule has 0 N–H and O–H groups in total. The molecule has 3 heterocycles. The number of aromatic nitrogens is 4. The third kappa shape index (κ3) is 2.69. The predicted octanol–water partition coefficient (Wildman–Crippen LogP) is 1.73. The molecule has 110 valence electrons. The van der Waals surface area contributed by atoms with E-state index in [9.17, 15) is 10.1 Å². The Morgan fingerprint density at radius 3 is 2.67 bits per heavy atom. The molecule has 8 heteroatoms. The monoisotopic (exact) mass is 288 g/mol. The van der Waals surface area contributed by atoms with Crippen LogP contribution in [0.15, 0.2) is 24.5 Å². The number of hydrogen-bond acceptors (Lipinski definition) is 6. The third-order valence-corrected chi connectivity index (χ3v) is 3.84. The number of nitrogens with zero attached hydrogens (tertiary/aromatic N) is 6. The lowest BCUT2D eigenvalue weighted by Crippen LogP contribution is -2.35.